The molecule has 0 N–H and O–H groups in total. The van der Waals surface area contributed by atoms with Gasteiger partial charge in [-0.1, -0.05) is 225 Å². The highest BCUT2D eigenvalue weighted by Crippen LogP contribution is 2.24. The summed E-state index contributed by atoms with van der Waals surface area (Å²) in [5.41, 5.74) is 15.1. The van der Waals surface area contributed by atoms with E-state index in [9.17, 15) is 0 Å². The van der Waals surface area contributed by atoms with Gasteiger partial charge in [-0.3, -0.25) is 4.99 Å². The molecule has 0 radical (unpaired) electrons. The van der Waals surface area contributed by atoms with E-state index in [1.165, 1.54) is 91.4 Å². The van der Waals surface area contributed by atoms with Gasteiger partial charge >= 0.3 is 0 Å². The number of nitrogens with zero attached hydrogens (tertiary/aromatic N) is 5. The lowest BCUT2D eigenvalue weighted by Gasteiger charge is -2.10. The van der Waals surface area contributed by atoms with Crippen molar-refractivity contribution in [2.75, 3.05) is 0 Å². The average Bonchev–Trinajstić information content (AvgIpc) is 4.51. The van der Waals surface area contributed by atoms with Crippen LogP contribution in [0.2, 0.25) is 0 Å². The van der Waals surface area contributed by atoms with Gasteiger partial charge in [-0.25, -0.2) is 15.0 Å². The Morgan fingerprint density at radius 3 is 1.75 bits per heavy atom. The molecule has 0 bridgehead atoms. The zero-order valence-electron chi connectivity index (χ0n) is 46.6. The lowest BCUT2D eigenvalue weighted by molar-refractivity contribution is 0.602. The Morgan fingerprint density at radius 2 is 1.06 bits per heavy atom. The molecule has 4 aliphatic rings. The molecule has 0 unspecified atom stereocenters. The minimum absolute atomic E-state index is 0.845. The normalized spacial score (nSPS) is 12.1. The summed E-state index contributed by atoms with van der Waals surface area (Å²) in [4.78, 5) is 17.1. The van der Waals surface area contributed by atoms with Crippen LogP contribution < -0.4 is 0 Å². The van der Waals surface area contributed by atoms with Crippen molar-refractivity contribution in [2.45, 2.75) is 38.5 Å². The summed E-state index contributed by atoms with van der Waals surface area (Å²) in [6.07, 6.45) is 26.1. The number of thiophene rings is 1. The van der Waals surface area contributed by atoms with Gasteiger partial charge in [0.15, 0.2) is 12.0 Å². The van der Waals surface area contributed by atoms with Gasteiger partial charge in [-0.15, -0.1) is 11.3 Å². The smallest absolute Gasteiger partial charge is 0.181 e. The SMILES string of the molecule is C1=Cc2ccccc2C1.C1=Nc2ccccc2C1.C=C1C=Cc2ccccc2C1.c1ccc2c(c1)CCC2.c1ccc2ccccc2c1.c1ccc2occc2c1.c1ccc2ocnc2c1.c1ccc2sncc2c1.c1ncc2ccsc2n1. The Bertz CT molecular complexity index is 3870. The van der Waals surface area contributed by atoms with Gasteiger partial charge in [0.25, 0.3) is 0 Å². The Labute approximate surface area is 499 Å². The molecule has 5 aromatic heterocycles. The van der Waals surface area contributed by atoms with E-state index in [2.05, 4.69) is 195 Å². The molecule has 0 spiro atoms. The van der Waals surface area contributed by atoms with Crippen molar-refractivity contribution in [1.82, 2.24) is 19.3 Å². The topological polar surface area (TPSA) is 90.2 Å². The third-order valence-corrected chi connectivity index (χ3v) is 15.5. The molecule has 0 saturated heterocycles. The van der Waals surface area contributed by atoms with Gasteiger partial charge in [0, 0.05) is 41.2 Å². The minimum Gasteiger partial charge on any atom is -0.464 e. The quantitative estimate of drug-likeness (QED) is 0.150. The maximum atomic E-state index is 5.12. The average molecular weight is 1130 g/mol. The molecule has 18 rings (SSSR count). The predicted molar refractivity (Wildman–Crippen MR) is 355 cm³/mol. The zero-order chi connectivity index (χ0) is 57.2. The summed E-state index contributed by atoms with van der Waals surface area (Å²) < 4.78 is 15.4. The van der Waals surface area contributed by atoms with Gasteiger partial charge < -0.3 is 8.83 Å². The Balaban J connectivity index is 0.000000105. The third kappa shape index (κ3) is 16.8. The molecule has 84 heavy (non-hydrogen) atoms. The molecular formula is C75H63N5O2S2. The molecule has 7 nitrogen and oxygen atoms in total. The van der Waals surface area contributed by atoms with Crippen LogP contribution in [0.25, 0.3) is 65.3 Å². The second-order valence-corrected chi connectivity index (χ2v) is 21.4. The van der Waals surface area contributed by atoms with Crippen LogP contribution in [0.4, 0.5) is 5.69 Å². The first-order valence-corrected chi connectivity index (χ1v) is 29.7. The lowest BCUT2D eigenvalue weighted by atomic mass is 9.95. The van der Waals surface area contributed by atoms with Crippen LogP contribution in [-0.2, 0) is 32.1 Å². The number of furan rings is 1. The third-order valence-electron chi connectivity index (χ3n) is 13.9. The van der Waals surface area contributed by atoms with Crippen molar-refractivity contribution in [1.29, 1.82) is 0 Å². The molecule has 1 aliphatic heterocycles. The number of fused-ring (bicyclic) bond motifs is 9. The van der Waals surface area contributed by atoms with Crippen LogP contribution in [0, 0.1) is 0 Å². The number of hydrogen-bond acceptors (Lipinski definition) is 9. The Kier molecular flexibility index (Phi) is 21.0. The van der Waals surface area contributed by atoms with E-state index in [0.717, 1.165) is 57.2 Å². The summed E-state index contributed by atoms with van der Waals surface area (Å²) in [7, 11) is 0. The number of oxazole rings is 1. The summed E-state index contributed by atoms with van der Waals surface area (Å²) >= 11 is 3.17. The number of hydrogen-bond donors (Lipinski definition) is 0. The molecule has 3 aliphatic carbocycles. The first kappa shape index (κ1) is 57.3. The molecule has 412 valence electrons. The molecule has 9 heteroatoms. The maximum absolute atomic E-state index is 5.12. The summed E-state index contributed by atoms with van der Waals surface area (Å²) in [5, 5.41) is 8.16. The van der Waals surface area contributed by atoms with Gasteiger partial charge in [0.1, 0.15) is 22.3 Å². The van der Waals surface area contributed by atoms with E-state index in [1.807, 2.05) is 115 Å². The molecule has 6 heterocycles. The second kappa shape index (κ2) is 30.8. The molecule has 9 aromatic carbocycles. The minimum atomic E-state index is 0.845. The first-order chi connectivity index (χ1) is 41.6. The lowest BCUT2D eigenvalue weighted by Crippen LogP contribution is -1.94. The van der Waals surface area contributed by atoms with Crippen LogP contribution in [0.1, 0.15) is 45.4 Å². The number of aliphatic imine (C=N–C) groups is 1. The first-order valence-electron chi connectivity index (χ1n) is 28.0. The van der Waals surface area contributed by atoms with Crippen LogP contribution >= 0.6 is 22.9 Å². The maximum Gasteiger partial charge on any atom is 0.181 e. The van der Waals surface area contributed by atoms with Gasteiger partial charge in [0.05, 0.1) is 16.7 Å². The molecular weight excluding hydrogens is 1070 g/mol. The van der Waals surface area contributed by atoms with Gasteiger partial charge in [-0.2, -0.15) is 4.37 Å². The van der Waals surface area contributed by atoms with E-state index < -0.39 is 0 Å². The van der Waals surface area contributed by atoms with Crippen molar-refractivity contribution < 1.29 is 8.83 Å². The van der Waals surface area contributed by atoms with Crippen molar-refractivity contribution in [3.05, 3.63) is 331 Å². The fourth-order valence-electron chi connectivity index (χ4n) is 9.50. The van der Waals surface area contributed by atoms with Crippen molar-refractivity contribution in [3.8, 4) is 0 Å². The number of aromatic nitrogens is 4. The summed E-state index contributed by atoms with van der Waals surface area (Å²) in [6, 6.07) is 78.4. The summed E-state index contributed by atoms with van der Waals surface area (Å²) in [5.74, 6) is 0. The fraction of sp³-hybridized carbons (Fsp3) is 0.0800. The van der Waals surface area contributed by atoms with E-state index in [4.69, 9.17) is 8.83 Å². The molecule has 14 aromatic rings. The number of rotatable bonds is 0. The Hall–Kier alpha value is -9.93. The number of allylic oxidation sites excluding steroid dienone is 3. The Morgan fingerprint density at radius 1 is 0.452 bits per heavy atom. The van der Waals surface area contributed by atoms with Gasteiger partial charge in [0.2, 0.25) is 0 Å². The van der Waals surface area contributed by atoms with Crippen molar-refractivity contribution in [2.24, 2.45) is 4.99 Å². The zero-order valence-corrected chi connectivity index (χ0v) is 48.2. The summed E-state index contributed by atoms with van der Waals surface area (Å²) in [6.45, 7) is 3.93. The highest BCUT2D eigenvalue weighted by molar-refractivity contribution is 7.16. The standard InChI is InChI=1S/C11H10.C10H8.C9H10.C9H8.C8H7N.C8H6O.C7H5NO.C7H5NS.C6H4N2S/c1-9-6-7-10-4-2-3-5-11(10)8-9;1-2-6-10-8-4-3-7-9(10)5-1;2*1-2-5-9-7-3-6-8(9)4-1;2*1-2-4-8-7(3-1)5-6-9-8;1-2-4-7-6(3-1)8-5-9-7;1-2-4-7-6(3-1)5-8-9-7;1-2-9-6-5(1)3-7-4-8-6/h2-7H,1,8H2;1-8H;1-2,4-5H,3,6-7H2;1-6H,7H2;1-4,6H,5H2;1-6H;2*1-5H;1-4H. The number of para-hydroxylation sites is 4. The van der Waals surface area contributed by atoms with E-state index >= 15 is 0 Å². The highest BCUT2D eigenvalue weighted by atomic mass is 32.1. The number of benzene rings is 9. The van der Waals surface area contributed by atoms with Crippen molar-refractivity contribution in [3.63, 3.8) is 0 Å². The second-order valence-electron chi connectivity index (χ2n) is 19.6. The largest absolute Gasteiger partial charge is 0.464 e. The predicted octanol–water partition coefficient (Wildman–Crippen LogP) is 20.3. The molecule has 0 fully saturated rings. The monoisotopic (exact) mass is 1130 g/mol. The van der Waals surface area contributed by atoms with E-state index in [0.29, 0.717) is 0 Å². The van der Waals surface area contributed by atoms with Crippen LogP contribution in [0.5, 0.6) is 0 Å². The van der Waals surface area contributed by atoms with Gasteiger partial charge in [-0.05, 0) is 141 Å². The molecule has 0 atom stereocenters. The van der Waals surface area contributed by atoms with E-state index in [1.54, 1.807) is 35.1 Å². The van der Waals surface area contributed by atoms with Crippen molar-refractivity contribution >= 4 is 100 Å². The molecule has 0 saturated carbocycles. The van der Waals surface area contributed by atoms with E-state index in [-0.39, 0.29) is 0 Å². The number of aryl methyl sites for hydroxylation is 2. The molecule has 0 amide bonds. The highest BCUT2D eigenvalue weighted by Gasteiger charge is 2.08. The van der Waals surface area contributed by atoms with Crippen LogP contribution in [0.15, 0.2) is 305 Å². The van der Waals surface area contributed by atoms with Crippen LogP contribution in [-0.4, -0.2) is 25.5 Å². The van der Waals surface area contributed by atoms with Crippen LogP contribution in [0.3, 0.4) is 0 Å². The fourth-order valence-corrected chi connectivity index (χ4v) is 10.9.